The standard InChI is InChI=1S/C38H48O15Si3/c1-38(23-45-35(42)51-48-32(39)26-11-17-29(18-12-26)54(2,3)4,24-46-36(43)52-49-33(40)27-13-19-30(20-14-27)55(5,6)7)25-47-37(44)53-50-34(41)28-15-21-31(22-16-28)56(8,9)10/h11-22H,23-25H2,1-10H3. The van der Waals surface area contributed by atoms with Crippen LogP contribution in [0.15, 0.2) is 72.8 Å². The molecule has 0 bridgehead atoms. The lowest BCUT2D eigenvalue weighted by Gasteiger charge is -2.26. The Bertz CT molecular complexity index is 1640. The van der Waals surface area contributed by atoms with Crippen molar-refractivity contribution < 1.29 is 72.3 Å². The summed E-state index contributed by atoms with van der Waals surface area (Å²) in [6, 6.07) is 20.0. The Balaban J connectivity index is 1.58. The monoisotopic (exact) mass is 828 g/mol. The van der Waals surface area contributed by atoms with E-state index in [9.17, 15) is 28.8 Å². The molecule has 0 radical (unpaired) electrons. The molecule has 3 aromatic rings. The van der Waals surface area contributed by atoms with Gasteiger partial charge in [-0.1, -0.05) is 111 Å². The summed E-state index contributed by atoms with van der Waals surface area (Å²) < 4.78 is 15.1. The van der Waals surface area contributed by atoms with Crippen LogP contribution >= 0.6 is 0 Å². The zero-order valence-electron chi connectivity index (χ0n) is 33.2. The number of carbonyl (C=O) groups excluding carboxylic acids is 6. The average molecular weight is 829 g/mol. The van der Waals surface area contributed by atoms with Crippen LogP contribution in [0.3, 0.4) is 0 Å². The number of rotatable bonds is 12. The first-order valence-electron chi connectivity index (χ1n) is 17.5. The Morgan fingerprint density at radius 2 is 0.607 bits per heavy atom. The number of hydrogen-bond donors (Lipinski definition) is 0. The van der Waals surface area contributed by atoms with E-state index < -0.39 is 85.8 Å². The van der Waals surface area contributed by atoms with Gasteiger partial charge in [-0.2, -0.15) is 14.4 Å². The third-order valence-electron chi connectivity index (χ3n) is 8.13. The average Bonchev–Trinajstić information content (AvgIpc) is 3.14. The predicted molar refractivity (Wildman–Crippen MR) is 210 cm³/mol. The molecule has 3 rings (SSSR count). The molecule has 0 heterocycles. The van der Waals surface area contributed by atoms with Crippen molar-refractivity contribution in [2.45, 2.75) is 65.8 Å². The van der Waals surface area contributed by atoms with Gasteiger partial charge in [0.1, 0.15) is 19.8 Å². The first-order chi connectivity index (χ1) is 26.0. The van der Waals surface area contributed by atoms with E-state index in [0.717, 1.165) is 15.6 Å². The van der Waals surface area contributed by atoms with Gasteiger partial charge >= 0.3 is 36.4 Å². The predicted octanol–water partition coefficient (Wildman–Crippen LogP) is 6.40. The van der Waals surface area contributed by atoms with E-state index in [2.05, 4.69) is 88.2 Å². The first kappa shape index (κ1) is 44.9. The largest absolute Gasteiger partial charge is 0.549 e. The van der Waals surface area contributed by atoms with Crippen LogP contribution in [0, 0.1) is 5.41 Å². The fourth-order valence-electron chi connectivity index (χ4n) is 4.58. The summed E-state index contributed by atoms with van der Waals surface area (Å²) >= 11 is 0. The molecule has 0 aromatic heterocycles. The van der Waals surface area contributed by atoms with E-state index in [-0.39, 0.29) is 16.7 Å². The van der Waals surface area contributed by atoms with Gasteiger partial charge < -0.3 is 14.2 Å². The molecule has 3 aromatic carbocycles. The van der Waals surface area contributed by atoms with Gasteiger partial charge in [0, 0.05) is 0 Å². The highest BCUT2D eigenvalue weighted by molar-refractivity contribution is 6.89. The number of ether oxygens (including phenoxy) is 3. The van der Waals surface area contributed by atoms with E-state index in [0.29, 0.717) is 0 Å². The second-order valence-electron chi connectivity index (χ2n) is 16.3. The fourth-order valence-corrected chi connectivity index (χ4v) is 8.08. The summed E-state index contributed by atoms with van der Waals surface area (Å²) in [6.45, 7) is 18.6. The Labute approximate surface area is 328 Å². The van der Waals surface area contributed by atoms with Crippen molar-refractivity contribution >= 4 is 76.2 Å². The van der Waals surface area contributed by atoms with Crippen molar-refractivity contribution in [1.82, 2.24) is 0 Å². The van der Waals surface area contributed by atoms with Gasteiger partial charge in [-0.3, -0.25) is 0 Å². The molecular weight excluding hydrogens is 781 g/mol. The molecule has 0 aliphatic carbocycles. The quantitative estimate of drug-likeness (QED) is 0.0641. The highest BCUT2D eigenvalue weighted by atomic mass is 28.3. The van der Waals surface area contributed by atoms with Crippen LogP contribution in [-0.2, 0) is 43.5 Å². The zero-order valence-corrected chi connectivity index (χ0v) is 36.2. The Morgan fingerprint density at radius 1 is 0.393 bits per heavy atom. The van der Waals surface area contributed by atoms with E-state index in [4.69, 9.17) is 14.2 Å². The van der Waals surface area contributed by atoms with Crippen LogP contribution in [-0.4, -0.2) is 80.4 Å². The van der Waals surface area contributed by atoms with Gasteiger partial charge in [0.2, 0.25) is 0 Å². The van der Waals surface area contributed by atoms with Gasteiger partial charge in [0.25, 0.3) is 0 Å². The summed E-state index contributed by atoms with van der Waals surface area (Å²) in [5.74, 6) is -2.90. The minimum Gasteiger partial charge on any atom is -0.431 e. The molecule has 0 saturated carbocycles. The van der Waals surface area contributed by atoms with Crippen LogP contribution in [0.25, 0.3) is 0 Å². The fraction of sp³-hybridized carbons (Fsp3) is 0.368. The maximum absolute atomic E-state index is 12.4. The van der Waals surface area contributed by atoms with E-state index >= 15 is 0 Å². The lowest BCUT2D eigenvalue weighted by Crippen LogP contribution is -2.37. The molecule has 0 atom stereocenters. The molecule has 15 nitrogen and oxygen atoms in total. The smallest absolute Gasteiger partial charge is 0.431 e. The molecule has 0 fully saturated rings. The van der Waals surface area contributed by atoms with E-state index in [1.54, 1.807) is 36.4 Å². The number of hydrogen-bond acceptors (Lipinski definition) is 15. The molecule has 0 aliphatic heterocycles. The zero-order chi connectivity index (χ0) is 41.9. The third kappa shape index (κ3) is 14.3. The second kappa shape index (κ2) is 18.9. The first-order valence-corrected chi connectivity index (χ1v) is 28.0. The minimum absolute atomic E-state index is 0.122. The molecule has 18 heteroatoms. The van der Waals surface area contributed by atoms with Crippen LogP contribution in [0.1, 0.15) is 38.0 Å². The van der Waals surface area contributed by atoms with Gasteiger partial charge in [-0.25, -0.2) is 43.7 Å². The van der Waals surface area contributed by atoms with Crippen molar-refractivity contribution in [3.8, 4) is 0 Å². The maximum atomic E-state index is 12.4. The summed E-state index contributed by atoms with van der Waals surface area (Å²) in [4.78, 5) is 102. The Morgan fingerprint density at radius 3 is 0.804 bits per heavy atom. The highest BCUT2D eigenvalue weighted by Gasteiger charge is 2.33. The summed E-state index contributed by atoms with van der Waals surface area (Å²) in [5, 5.41) is 3.30. The van der Waals surface area contributed by atoms with Gasteiger partial charge in [0.15, 0.2) is 0 Å². The van der Waals surface area contributed by atoms with E-state index in [1.807, 2.05) is 0 Å². The van der Waals surface area contributed by atoms with Crippen molar-refractivity contribution in [3.05, 3.63) is 89.5 Å². The molecule has 0 unspecified atom stereocenters. The Kier molecular flexibility index (Phi) is 15.2. The van der Waals surface area contributed by atoms with Crippen LogP contribution < -0.4 is 15.6 Å². The minimum atomic E-state index is -1.62. The van der Waals surface area contributed by atoms with E-state index in [1.165, 1.54) is 43.3 Å². The molecule has 56 heavy (non-hydrogen) atoms. The molecule has 0 spiro atoms. The third-order valence-corrected chi connectivity index (χ3v) is 14.3. The highest BCUT2D eigenvalue weighted by Crippen LogP contribution is 2.20. The molecule has 0 amide bonds. The van der Waals surface area contributed by atoms with Crippen molar-refractivity contribution in [3.63, 3.8) is 0 Å². The molecular formula is C38H48O15Si3. The van der Waals surface area contributed by atoms with Gasteiger partial charge in [0.05, 0.1) is 46.3 Å². The maximum Gasteiger partial charge on any atom is 0.549 e. The molecule has 0 aliphatic rings. The number of carbonyl (C=O) groups is 6. The molecule has 302 valence electrons. The Hall–Kier alpha value is -5.47. The van der Waals surface area contributed by atoms with Crippen molar-refractivity contribution in [1.29, 1.82) is 0 Å². The topological polar surface area (TPSA) is 185 Å². The van der Waals surface area contributed by atoms with Crippen LogP contribution in [0.4, 0.5) is 14.4 Å². The van der Waals surface area contributed by atoms with Crippen LogP contribution in [0.2, 0.25) is 58.9 Å². The van der Waals surface area contributed by atoms with Crippen molar-refractivity contribution in [2.75, 3.05) is 19.8 Å². The molecule has 0 N–H and O–H groups in total. The normalized spacial score (nSPS) is 11.7. The summed E-state index contributed by atoms with van der Waals surface area (Å²) in [7, 11) is -4.87. The summed E-state index contributed by atoms with van der Waals surface area (Å²) in [5.41, 5.74) is -1.19. The van der Waals surface area contributed by atoms with Crippen molar-refractivity contribution in [2.24, 2.45) is 5.41 Å². The SMILES string of the molecule is CC(COC(=O)OOC(=O)c1ccc([Si](C)(C)C)cc1)(COC(=O)OOC(=O)c1ccc([Si](C)(C)C)cc1)COC(=O)OOC(=O)c1ccc([Si](C)(C)C)cc1. The molecule has 0 saturated heterocycles. The number of benzene rings is 3. The second-order valence-corrected chi connectivity index (χ2v) is 31.5. The van der Waals surface area contributed by atoms with Gasteiger partial charge in [-0.15, -0.1) is 0 Å². The summed E-state index contributed by atoms with van der Waals surface area (Å²) in [6.07, 6.45) is -4.38. The van der Waals surface area contributed by atoms with Crippen LogP contribution in [0.5, 0.6) is 0 Å². The lowest BCUT2D eigenvalue weighted by molar-refractivity contribution is -0.216. The van der Waals surface area contributed by atoms with Gasteiger partial charge in [-0.05, 0) is 43.3 Å². The lowest BCUT2D eigenvalue weighted by atomic mass is 9.94.